The molecular formula is C8H8BrF. The quantitative estimate of drug-likeness (QED) is 0.657. The van der Waals surface area contributed by atoms with Crippen LogP contribution in [0.3, 0.4) is 0 Å². The SMILES string of the molecule is CCc1cccc(F)c1Br. The van der Waals surface area contributed by atoms with Gasteiger partial charge < -0.3 is 0 Å². The van der Waals surface area contributed by atoms with Crippen LogP contribution in [-0.2, 0) is 6.42 Å². The highest BCUT2D eigenvalue weighted by atomic mass is 79.9. The van der Waals surface area contributed by atoms with E-state index in [1.807, 2.05) is 13.0 Å². The molecule has 0 N–H and O–H groups in total. The van der Waals surface area contributed by atoms with Crippen LogP contribution >= 0.6 is 15.9 Å². The second kappa shape index (κ2) is 3.15. The molecule has 0 aliphatic carbocycles. The van der Waals surface area contributed by atoms with Crippen molar-refractivity contribution in [3.05, 3.63) is 34.1 Å². The van der Waals surface area contributed by atoms with E-state index in [1.54, 1.807) is 6.07 Å². The van der Waals surface area contributed by atoms with Gasteiger partial charge in [-0.2, -0.15) is 0 Å². The van der Waals surface area contributed by atoms with E-state index in [-0.39, 0.29) is 5.82 Å². The third-order valence-electron chi connectivity index (χ3n) is 1.41. The minimum atomic E-state index is -0.181. The Hall–Kier alpha value is -0.370. The van der Waals surface area contributed by atoms with E-state index in [2.05, 4.69) is 15.9 Å². The fraction of sp³-hybridized carbons (Fsp3) is 0.250. The first-order valence-corrected chi connectivity index (χ1v) is 3.98. The maximum absolute atomic E-state index is 12.7. The topological polar surface area (TPSA) is 0 Å². The molecule has 0 aliphatic rings. The van der Waals surface area contributed by atoms with Crippen molar-refractivity contribution in [3.8, 4) is 0 Å². The Morgan fingerprint density at radius 1 is 1.50 bits per heavy atom. The highest BCUT2D eigenvalue weighted by Gasteiger charge is 2.00. The molecule has 1 aromatic carbocycles. The molecule has 1 aromatic rings. The normalized spacial score (nSPS) is 9.90. The molecule has 0 radical (unpaired) electrons. The summed E-state index contributed by atoms with van der Waals surface area (Å²) in [5, 5.41) is 0. The van der Waals surface area contributed by atoms with Gasteiger partial charge in [0.1, 0.15) is 5.82 Å². The van der Waals surface area contributed by atoms with Gasteiger partial charge in [-0.25, -0.2) is 4.39 Å². The summed E-state index contributed by atoms with van der Waals surface area (Å²) in [5.41, 5.74) is 1.01. The van der Waals surface area contributed by atoms with Gasteiger partial charge >= 0.3 is 0 Å². The summed E-state index contributed by atoms with van der Waals surface area (Å²) < 4.78 is 13.3. The molecule has 0 atom stereocenters. The summed E-state index contributed by atoms with van der Waals surface area (Å²) in [6.45, 7) is 2.00. The Morgan fingerprint density at radius 2 is 2.20 bits per heavy atom. The molecule has 0 fully saturated rings. The van der Waals surface area contributed by atoms with Crippen LogP contribution in [0.15, 0.2) is 22.7 Å². The van der Waals surface area contributed by atoms with Crippen molar-refractivity contribution >= 4 is 15.9 Å². The Balaban J connectivity index is 3.14. The van der Waals surface area contributed by atoms with Crippen molar-refractivity contribution in [2.75, 3.05) is 0 Å². The predicted octanol–water partition coefficient (Wildman–Crippen LogP) is 3.15. The summed E-state index contributed by atoms with van der Waals surface area (Å²) in [7, 11) is 0. The lowest BCUT2D eigenvalue weighted by Crippen LogP contribution is -1.84. The van der Waals surface area contributed by atoms with Crippen LogP contribution in [0.2, 0.25) is 0 Å². The summed E-state index contributed by atoms with van der Waals surface area (Å²) in [6, 6.07) is 5.08. The molecule has 0 unspecified atom stereocenters. The third kappa shape index (κ3) is 1.37. The number of rotatable bonds is 1. The van der Waals surface area contributed by atoms with E-state index < -0.39 is 0 Å². The molecule has 2 heteroatoms. The van der Waals surface area contributed by atoms with Gasteiger partial charge in [0.25, 0.3) is 0 Å². The van der Waals surface area contributed by atoms with Gasteiger partial charge in [0.15, 0.2) is 0 Å². The number of aryl methyl sites for hydroxylation is 1. The van der Waals surface area contributed by atoms with Crippen molar-refractivity contribution in [3.63, 3.8) is 0 Å². The molecule has 0 spiro atoms. The van der Waals surface area contributed by atoms with Crippen LogP contribution in [0.5, 0.6) is 0 Å². The van der Waals surface area contributed by atoms with Crippen molar-refractivity contribution in [1.29, 1.82) is 0 Å². The number of benzene rings is 1. The maximum Gasteiger partial charge on any atom is 0.137 e. The minimum absolute atomic E-state index is 0.181. The Kier molecular flexibility index (Phi) is 2.44. The predicted molar refractivity (Wildman–Crippen MR) is 43.5 cm³/mol. The zero-order chi connectivity index (χ0) is 7.56. The van der Waals surface area contributed by atoms with Crippen LogP contribution in [-0.4, -0.2) is 0 Å². The zero-order valence-electron chi connectivity index (χ0n) is 5.70. The smallest absolute Gasteiger partial charge is 0.137 e. The first-order valence-electron chi connectivity index (χ1n) is 3.18. The molecule has 1 rings (SSSR count). The van der Waals surface area contributed by atoms with E-state index in [0.29, 0.717) is 4.47 Å². The zero-order valence-corrected chi connectivity index (χ0v) is 7.28. The third-order valence-corrected chi connectivity index (χ3v) is 2.30. The van der Waals surface area contributed by atoms with Crippen molar-refractivity contribution in [2.24, 2.45) is 0 Å². The van der Waals surface area contributed by atoms with Crippen LogP contribution in [0, 0.1) is 5.82 Å². The fourth-order valence-corrected chi connectivity index (χ4v) is 1.37. The first kappa shape index (κ1) is 7.73. The highest BCUT2D eigenvalue weighted by Crippen LogP contribution is 2.20. The lowest BCUT2D eigenvalue weighted by molar-refractivity contribution is 0.618. The number of hydrogen-bond donors (Lipinski definition) is 0. The summed E-state index contributed by atoms with van der Waals surface area (Å²) in [4.78, 5) is 0. The average molecular weight is 203 g/mol. The molecule has 0 amide bonds. The maximum atomic E-state index is 12.7. The van der Waals surface area contributed by atoms with Crippen molar-refractivity contribution in [1.82, 2.24) is 0 Å². The van der Waals surface area contributed by atoms with Gasteiger partial charge in [0.05, 0.1) is 4.47 Å². The molecule has 0 aromatic heterocycles. The second-order valence-electron chi connectivity index (χ2n) is 2.07. The molecule has 0 saturated carbocycles. The molecule has 10 heavy (non-hydrogen) atoms. The van der Waals surface area contributed by atoms with E-state index in [0.717, 1.165) is 12.0 Å². The summed E-state index contributed by atoms with van der Waals surface area (Å²) >= 11 is 3.17. The van der Waals surface area contributed by atoms with Gasteiger partial charge in [0, 0.05) is 0 Å². The molecule has 0 nitrogen and oxygen atoms in total. The minimum Gasteiger partial charge on any atom is -0.206 e. The van der Waals surface area contributed by atoms with E-state index >= 15 is 0 Å². The van der Waals surface area contributed by atoms with Gasteiger partial charge in [-0.05, 0) is 34.0 Å². The fourth-order valence-electron chi connectivity index (χ4n) is 0.822. The van der Waals surface area contributed by atoms with Crippen LogP contribution < -0.4 is 0 Å². The monoisotopic (exact) mass is 202 g/mol. The molecule has 0 aliphatic heterocycles. The van der Waals surface area contributed by atoms with E-state index in [1.165, 1.54) is 6.07 Å². The van der Waals surface area contributed by atoms with Crippen LogP contribution in [0.25, 0.3) is 0 Å². The largest absolute Gasteiger partial charge is 0.206 e. The molecule has 0 saturated heterocycles. The van der Waals surface area contributed by atoms with Crippen molar-refractivity contribution in [2.45, 2.75) is 13.3 Å². The lowest BCUT2D eigenvalue weighted by Gasteiger charge is -1.99. The molecular weight excluding hydrogens is 195 g/mol. The Morgan fingerprint density at radius 3 is 2.70 bits per heavy atom. The van der Waals surface area contributed by atoms with Crippen molar-refractivity contribution < 1.29 is 4.39 Å². The van der Waals surface area contributed by atoms with Gasteiger partial charge in [-0.3, -0.25) is 0 Å². The van der Waals surface area contributed by atoms with E-state index in [9.17, 15) is 4.39 Å². The number of hydrogen-bond acceptors (Lipinski definition) is 0. The summed E-state index contributed by atoms with van der Waals surface area (Å²) in [6.07, 6.45) is 0.859. The average Bonchev–Trinajstić information content (AvgIpc) is 1.95. The lowest BCUT2D eigenvalue weighted by atomic mass is 10.2. The molecule has 54 valence electrons. The second-order valence-corrected chi connectivity index (χ2v) is 2.86. The van der Waals surface area contributed by atoms with Gasteiger partial charge in [0.2, 0.25) is 0 Å². The first-order chi connectivity index (χ1) is 4.75. The number of halogens is 2. The molecule has 0 heterocycles. The Bertz CT molecular complexity index is 233. The molecule has 0 bridgehead atoms. The van der Waals surface area contributed by atoms with E-state index in [4.69, 9.17) is 0 Å². The van der Waals surface area contributed by atoms with Crippen LogP contribution in [0.1, 0.15) is 12.5 Å². The van der Waals surface area contributed by atoms with Gasteiger partial charge in [-0.15, -0.1) is 0 Å². The highest BCUT2D eigenvalue weighted by molar-refractivity contribution is 9.10. The standard InChI is InChI=1S/C8H8BrF/c1-2-6-4-3-5-7(10)8(6)9/h3-5H,2H2,1H3. The summed E-state index contributed by atoms with van der Waals surface area (Å²) in [5.74, 6) is -0.181. The Labute approximate surface area is 68.2 Å². The van der Waals surface area contributed by atoms with Crippen LogP contribution in [0.4, 0.5) is 4.39 Å². The van der Waals surface area contributed by atoms with Gasteiger partial charge in [-0.1, -0.05) is 19.1 Å².